The summed E-state index contributed by atoms with van der Waals surface area (Å²) in [7, 11) is 0. The molecule has 0 fully saturated rings. The number of carbonyl (C=O) groups excluding carboxylic acids is 1. The Morgan fingerprint density at radius 2 is 2.00 bits per heavy atom. The Balaban J connectivity index is 3.27. The summed E-state index contributed by atoms with van der Waals surface area (Å²) < 4.78 is 36.8. The zero-order valence-corrected chi connectivity index (χ0v) is 7.62. The van der Waals surface area contributed by atoms with E-state index >= 15 is 0 Å². The first-order valence-corrected chi connectivity index (χ1v) is 3.92. The Morgan fingerprint density at radius 1 is 1.38 bits per heavy atom. The highest BCUT2D eigenvalue weighted by molar-refractivity contribution is 5.78. The number of nitro groups is 1. The molecule has 0 aliphatic carbocycles. The van der Waals surface area contributed by atoms with E-state index in [1.54, 1.807) is 0 Å². The maximum atomic E-state index is 12.3. The van der Waals surface area contributed by atoms with Crippen LogP contribution in [0.15, 0.2) is 18.2 Å². The van der Waals surface area contributed by atoms with Crippen LogP contribution < -0.4 is 5.32 Å². The summed E-state index contributed by atoms with van der Waals surface area (Å²) in [5.74, 6) is 0. The molecule has 1 amide bonds. The summed E-state index contributed by atoms with van der Waals surface area (Å²) >= 11 is 0. The van der Waals surface area contributed by atoms with E-state index < -0.39 is 28.0 Å². The molecule has 0 radical (unpaired) electrons. The summed E-state index contributed by atoms with van der Waals surface area (Å²) in [6.07, 6.45) is -4.54. The molecule has 1 aromatic rings. The average Bonchev–Trinajstić information content (AvgIpc) is 2.16. The zero-order valence-electron chi connectivity index (χ0n) is 7.62. The first-order chi connectivity index (χ1) is 7.36. The van der Waals surface area contributed by atoms with Gasteiger partial charge in [-0.25, -0.2) is 0 Å². The number of rotatable bonds is 3. The van der Waals surface area contributed by atoms with Crippen LogP contribution in [-0.2, 0) is 11.0 Å². The molecule has 0 saturated carbocycles. The van der Waals surface area contributed by atoms with Crippen LogP contribution in [0.5, 0.6) is 0 Å². The number of benzene rings is 1. The van der Waals surface area contributed by atoms with Gasteiger partial charge in [0.2, 0.25) is 6.41 Å². The summed E-state index contributed by atoms with van der Waals surface area (Å²) in [6.45, 7) is 0. The van der Waals surface area contributed by atoms with Gasteiger partial charge in [-0.3, -0.25) is 14.9 Å². The van der Waals surface area contributed by atoms with Crippen molar-refractivity contribution in [2.45, 2.75) is 6.18 Å². The molecule has 0 unspecified atom stereocenters. The van der Waals surface area contributed by atoms with Crippen LogP contribution in [0.4, 0.5) is 24.5 Å². The smallest absolute Gasteiger partial charge is 0.323 e. The molecule has 0 spiro atoms. The molecule has 0 aromatic heterocycles. The molecule has 86 valence electrons. The van der Waals surface area contributed by atoms with E-state index in [4.69, 9.17) is 0 Å². The number of anilines is 1. The number of hydrogen-bond donors (Lipinski definition) is 1. The van der Waals surface area contributed by atoms with Crippen molar-refractivity contribution in [2.75, 3.05) is 5.32 Å². The standard InChI is InChI=1S/C8H5F3N2O3/c9-8(10,11)5-1-2-7(13(15)16)6(3-5)12-4-14/h1-4H,(H,12,14). The maximum Gasteiger partial charge on any atom is 0.416 e. The van der Waals surface area contributed by atoms with Crippen LogP contribution in [-0.4, -0.2) is 11.3 Å². The highest BCUT2D eigenvalue weighted by atomic mass is 19.4. The van der Waals surface area contributed by atoms with Gasteiger partial charge in [0, 0.05) is 6.07 Å². The second kappa shape index (κ2) is 4.17. The van der Waals surface area contributed by atoms with Gasteiger partial charge in [-0.05, 0) is 12.1 Å². The molecule has 8 heteroatoms. The maximum absolute atomic E-state index is 12.3. The molecule has 0 saturated heterocycles. The van der Waals surface area contributed by atoms with Crippen molar-refractivity contribution in [2.24, 2.45) is 0 Å². The van der Waals surface area contributed by atoms with Gasteiger partial charge in [-0.1, -0.05) is 0 Å². The predicted molar refractivity (Wildman–Crippen MR) is 47.8 cm³/mol. The SMILES string of the molecule is O=CNc1cc(C(F)(F)F)ccc1[N+](=O)[O-]. The second-order valence-electron chi connectivity index (χ2n) is 2.75. The lowest BCUT2D eigenvalue weighted by molar-refractivity contribution is -0.384. The van der Waals surface area contributed by atoms with Crippen LogP contribution in [0.3, 0.4) is 0 Å². The lowest BCUT2D eigenvalue weighted by Crippen LogP contribution is -2.07. The van der Waals surface area contributed by atoms with Gasteiger partial charge < -0.3 is 5.32 Å². The molecule has 5 nitrogen and oxygen atoms in total. The Kier molecular flexibility index (Phi) is 3.11. The van der Waals surface area contributed by atoms with E-state index in [0.29, 0.717) is 18.2 Å². The van der Waals surface area contributed by atoms with Crippen molar-refractivity contribution in [3.63, 3.8) is 0 Å². The molecule has 0 atom stereocenters. The van der Waals surface area contributed by atoms with Gasteiger partial charge in [0.15, 0.2) is 0 Å². The van der Waals surface area contributed by atoms with Crippen LogP contribution in [0.25, 0.3) is 0 Å². The predicted octanol–water partition coefficient (Wildman–Crippen LogP) is 2.18. The van der Waals surface area contributed by atoms with Crippen LogP contribution >= 0.6 is 0 Å². The fourth-order valence-corrected chi connectivity index (χ4v) is 1.05. The van der Waals surface area contributed by atoms with Gasteiger partial charge in [0.25, 0.3) is 5.69 Å². The molecule has 1 aromatic carbocycles. The van der Waals surface area contributed by atoms with Crippen LogP contribution in [0.2, 0.25) is 0 Å². The Bertz CT molecular complexity index is 431. The normalized spacial score (nSPS) is 10.9. The zero-order chi connectivity index (χ0) is 12.3. The molecular weight excluding hydrogens is 229 g/mol. The quantitative estimate of drug-likeness (QED) is 0.495. The minimum absolute atomic E-state index is 0.0719. The summed E-state index contributed by atoms with van der Waals surface area (Å²) in [5, 5.41) is 12.3. The lowest BCUT2D eigenvalue weighted by atomic mass is 10.1. The van der Waals surface area contributed by atoms with E-state index in [2.05, 4.69) is 0 Å². The number of nitrogens with zero attached hydrogens (tertiary/aromatic N) is 1. The average molecular weight is 234 g/mol. The molecule has 1 rings (SSSR count). The van der Waals surface area contributed by atoms with Crippen molar-refractivity contribution < 1.29 is 22.9 Å². The summed E-state index contributed by atoms with van der Waals surface area (Å²) in [4.78, 5) is 19.6. The van der Waals surface area contributed by atoms with Crippen molar-refractivity contribution in [3.8, 4) is 0 Å². The van der Waals surface area contributed by atoms with Gasteiger partial charge in [-0.2, -0.15) is 13.2 Å². The van der Waals surface area contributed by atoms with E-state index in [1.165, 1.54) is 0 Å². The number of hydrogen-bond acceptors (Lipinski definition) is 3. The fourth-order valence-electron chi connectivity index (χ4n) is 1.05. The largest absolute Gasteiger partial charge is 0.416 e. The minimum Gasteiger partial charge on any atom is -0.323 e. The number of nitrogens with one attached hydrogen (secondary N) is 1. The first kappa shape index (κ1) is 12.0. The minimum atomic E-state index is -4.62. The van der Waals surface area contributed by atoms with Gasteiger partial charge in [-0.15, -0.1) is 0 Å². The lowest BCUT2D eigenvalue weighted by Gasteiger charge is -2.08. The van der Waals surface area contributed by atoms with E-state index in [0.717, 1.165) is 0 Å². The van der Waals surface area contributed by atoms with E-state index in [-0.39, 0.29) is 6.41 Å². The monoisotopic (exact) mass is 234 g/mol. The van der Waals surface area contributed by atoms with Crippen molar-refractivity contribution in [1.82, 2.24) is 0 Å². The number of halogens is 3. The Morgan fingerprint density at radius 3 is 2.44 bits per heavy atom. The third kappa shape index (κ3) is 2.47. The molecule has 1 N–H and O–H groups in total. The first-order valence-electron chi connectivity index (χ1n) is 3.92. The van der Waals surface area contributed by atoms with E-state index in [1.807, 2.05) is 5.32 Å². The molecular formula is C8H5F3N2O3. The molecule has 0 bridgehead atoms. The fraction of sp³-hybridized carbons (Fsp3) is 0.125. The Hall–Kier alpha value is -2.12. The van der Waals surface area contributed by atoms with Crippen molar-refractivity contribution >= 4 is 17.8 Å². The highest BCUT2D eigenvalue weighted by Crippen LogP contribution is 2.34. The number of carbonyl (C=O) groups is 1. The number of nitro benzene ring substituents is 1. The number of alkyl halides is 3. The van der Waals surface area contributed by atoms with Crippen molar-refractivity contribution in [1.29, 1.82) is 0 Å². The Labute approximate surface area is 87.0 Å². The molecule has 16 heavy (non-hydrogen) atoms. The topological polar surface area (TPSA) is 72.2 Å². The molecule has 0 aliphatic rings. The molecule has 0 aliphatic heterocycles. The number of amides is 1. The van der Waals surface area contributed by atoms with Gasteiger partial charge in [0.1, 0.15) is 5.69 Å². The van der Waals surface area contributed by atoms with E-state index in [9.17, 15) is 28.1 Å². The van der Waals surface area contributed by atoms with Crippen molar-refractivity contribution in [3.05, 3.63) is 33.9 Å². The third-order valence-electron chi connectivity index (χ3n) is 1.74. The summed E-state index contributed by atoms with van der Waals surface area (Å²) in [5.41, 5.74) is -2.16. The molecule has 0 heterocycles. The van der Waals surface area contributed by atoms with Crippen LogP contribution in [0, 0.1) is 10.1 Å². The third-order valence-corrected chi connectivity index (χ3v) is 1.74. The van der Waals surface area contributed by atoms with Gasteiger partial charge in [0.05, 0.1) is 10.5 Å². The van der Waals surface area contributed by atoms with Gasteiger partial charge >= 0.3 is 6.18 Å². The highest BCUT2D eigenvalue weighted by Gasteiger charge is 2.32. The summed E-state index contributed by atoms with van der Waals surface area (Å²) in [6, 6.07) is 1.77. The second-order valence-corrected chi connectivity index (χ2v) is 2.75. The van der Waals surface area contributed by atoms with Crippen LogP contribution in [0.1, 0.15) is 5.56 Å².